The highest BCUT2D eigenvalue weighted by Gasteiger charge is 2.14. The van der Waals surface area contributed by atoms with Crippen LogP contribution in [0, 0.1) is 6.92 Å². The van der Waals surface area contributed by atoms with E-state index in [0.717, 1.165) is 5.75 Å². The van der Waals surface area contributed by atoms with Gasteiger partial charge in [0.2, 0.25) is 5.91 Å². The molecule has 0 heterocycles. The standard InChI is InChI=1S/C19H23NO2S/c1-14-9-11-15(12-10-14)22-17-8-6-5-7-16(17)20-18(21)13-23-19(2,3)4/h5-12H,13H2,1-4H3,(H,20,21). The van der Waals surface area contributed by atoms with Gasteiger partial charge >= 0.3 is 0 Å². The second-order valence-corrected chi connectivity index (χ2v) is 8.16. The summed E-state index contributed by atoms with van der Waals surface area (Å²) in [5.41, 5.74) is 1.87. The van der Waals surface area contributed by atoms with Gasteiger partial charge in [-0.05, 0) is 31.2 Å². The molecule has 23 heavy (non-hydrogen) atoms. The van der Waals surface area contributed by atoms with Crippen molar-refractivity contribution in [1.82, 2.24) is 0 Å². The minimum Gasteiger partial charge on any atom is -0.455 e. The Morgan fingerprint density at radius 1 is 1.09 bits per heavy atom. The maximum Gasteiger partial charge on any atom is 0.234 e. The SMILES string of the molecule is Cc1ccc(Oc2ccccc2NC(=O)CSC(C)(C)C)cc1. The zero-order valence-corrected chi connectivity index (χ0v) is 14.9. The summed E-state index contributed by atoms with van der Waals surface area (Å²) in [6.07, 6.45) is 0. The summed E-state index contributed by atoms with van der Waals surface area (Å²) in [5.74, 6) is 1.79. The van der Waals surface area contributed by atoms with Crippen molar-refractivity contribution in [2.45, 2.75) is 32.4 Å². The molecule has 122 valence electrons. The van der Waals surface area contributed by atoms with E-state index in [1.807, 2.05) is 55.5 Å². The van der Waals surface area contributed by atoms with Gasteiger partial charge in [-0.25, -0.2) is 0 Å². The first-order valence-corrected chi connectivity index (χ1v) is 8.59. The van der Waals surface area contributed by atoms with Crippen LogP contribution in [-0.4, -0.2) is 16.4 Å². The fraction of sp³-hybridized carbons (Fsp3) is 0.316. The van der Waals surface area contributed by atoms with Crippen LogP contribution < -0.4 is 10.1 Å². The molecule has 2 aromatic rings. The number of carbonyl (C=O) groups is 1. The predicted molar refractivity (Wildman–Crippen MR) is 98.5 cm³/mol. The van der Waals surface area contributed by atoms with Gasteiger partial charge in [-0.2, -0.15) is 0 Å². The number of carbonyl (C=O) groups excluding carboxylic acids is 1. The van der Waals surface area contributed by atoms with Gasteiger partial charge in [0.1, 0.15) is 5.75 Å². The zero-order valence-electron chi connectivity index (χ0n) is 14.1. The number of rotatable bonds is 5. The van der Waals surface area contributed by atoms with Gasteiger partial charge in [-0.1, -0.05) is 50.6 Å². The molecule has 2 aromatic carbocycles. The molecule has 0 aliphatic heterocycles. The Kier molecular flexibility index (Phi) is 5.72. The van der Waals surface area contributed by atoms with Crippen molar-refractivity contribution in [2.75, 3.05) is 11.1 Å². The van der Waals surface area contributed by atoms with E-state index in [2.05, 4.69) is 26.1 Å². The van der Waals surface area contributed by atoms with Crippen LogP contribution in [0.15, 0.2) is 48.5 Å². The van der Waals surface area contributed by atoms with Gasteiger partial charge in [-0.3, -0.25) is 4.79 Å². The average Bonchev–Trinajstić information content (AvgIpc) is 2.49. The number of anilines is 1. The van der Waals surface area contributed by atoms with E-state index >= 15 is 0 Å². The van der Waals surface area contributed by atoms with E-state index < -0.39 is 0 Å². The molecule has 1 amide bonds. The number of para-hydroxylation sites is 2. The Labute approximate surface area is 142 Å². The summed E-state index contributed by atoms with van der Waals surface area (Å²) in [6.45, 7) is 8.32. The second kappa shape index (κ2) is 7.55. The molecule has 2 rings (SSSR count). The van der Waals surface area contributed by atoms with Gasteiger partial charge in [0, 0.05) is 4.75 Å². The van der Waals surface area contributed by atoms with Crippen molar-refractivity contribution in [1.29, 1.82) is 0 Å². The number of hydrogen-bond donors (Lipinski definition) is 1. The molecule has 1 N–H and O–H groups in total. The van der Waals surface area contributed by atoms with Crippen molar-refractivity contribution in [2.24, 2.45) is 0 Å². The topological polar surface area (TPSA) is 38.3 Å². The number of benzene rings is 2. The van der Waals surface area contributed by atoms with Crippen LogP contribution in [-0.2, 0) is 4.79 Å². The van der Waals surface area contributed by atoms with E-state index in [1.54, 1.807) is 11.8 Å². The first-order valence-electron chi connectivity index (χ1n) is 7.61. The van der Waals surface area contributed by atoms with Crippen molar-refractivity contribution in [3.05, 3.63) is 54.1 Å². The number of hydrogen-bond acceptors (Lipinski definition) is 3. The fourth-order valence-electron chi connectivity index (χ4n) is 1.86. The van der Waals surface area contributed by atoms with E-state index in [-0.39, 0.29) is 10.7 Å². The van der Waals surface area contributed by atoms with Crippen molar-refractivity contribution in [3.8, 4) is 11.5 Å². The first-order chi connectivity index (χ1) is 10.8. The Balaban J connectivity index is 2.05. The molecule has 0 atom stereocenters. The predicted octanol–water partition coefficient (Wildman–Crippen LogP) is 5.26. The third-order valence-corrected chi connectivity index (χ3v) is 4.32. The molecule has 0 aliphatic rings. The largest absolute Gasteiger partial charge is 0.455 e. The normalized spacial score (nSPS) is 11.1. The highest BCUT2D eigenvalue weighted by molar-refractivity contribution is 8.01. The zero-order chi connectivity index (χ0) is 16.9. The van der Waals surface area contributed by atoms with Gasteiger partial charge < -0.3 is 10.1 Å². The van der Waals surface area contributed by atoms with Gasteiger partial charge in [-0.15, -0.1) is 11.8 Å². The van der Waals surface area contributed by atoms with Crippen LogP contribution in [0.3, 0.4) is 0 Å². The Hall–Kier alpha value is -1.94. The van der Waals surface area contributed by atoms with Gasteiger partial charge in [0.25, 0.3) is 0 Å². The third-order valence-electron chi connectivity index (χ3n) is 3.05. The molecule has 0 saturated carbocycles. The highest BCUT2D eigenvalue weighted by atomic mass is 32.2. The molecule has 0 unspecified atom stereocenters. The summed E-state index contributed by atoms with van der Waals surface area (Å²) in [6, 6.07) is 15.3. The maximum atomic E-state index is 12.1. The highest BCUT2D eigenvalue weighted by Crippen LogP contribution is 2.30. The Morgan fingerprint density at radius 3 is 2.39 bits per heavy atom. The smallest absolute Gasteiger partial charge is 0.234 e. The molecular weight excluding hydrogens is 306 g/mol. The Morgan fingerprint density at radius 2 is 1.74 bits per heavy atom. The van der Waals surface area contributed by atoms with Crippen molar-refractivity contribution < 1.29 is 9.53 Å². The average molecular weight is 329 g/mol. The lowest BCUT2D eigenvalue weighted by molar-refractivity contribution is -0.113. The van der Waals surface area contributed by atoms with Crippen LogP contribution >= 0.6 is 11.8 Å². The van der Waals surface area contributed by atoms with E-state index in [1.165, 1.54) is 5.56 Å². The van der Waals surface area contributed by atoms with Gasteiger partial charge in [0.15, 0.2) is 5.75 Å². The molecule has 0 bridgehead atoms. The molecule has 4 heteroatoms. The van der Waals surface area contributed by atoms with Crippen molar-refractivity contribution >= 4 is 23.4 Å². The van der Waals surface area contributed by atoms with E-state index in [0.29, 0.717) is 17.2 Å². The minimum atomic E-state index is -0.0233. The quantitative estimate of drug-likeness (QED) is 0.813. The number of thioether (sulfide) groups is 1. The number of amides is 1. The molecule has 0 spiro atoms. The summed E-state index contributed by atoms with van der Waals surface area (Å²) in [4.78, 5) is 12.1. The monoisotopic (exact) mass is 329 g/mol. The van der Waals surface area contributed by atoms with Crippen LogP contribution in [0.2, 0.25) is 0 Å². The number of aryl methyl sites for hydroxylation is 1. The lowest BCUT2D eigenvalue weighted by atomic mass is 10.2. The number of ether oxygens (including phenoxy) is 1. The minimum absolute atomic E-state index is 0.0233. The lowest BCUT2D eigenvalue weighted by Crippen LogP contribution is -2.19. The Bertz CT molecular complexity index is 660. The first kappa shape index (κ1) is 17.4. The van der Waals surface area contributed by atoms with E-state index in [9.17, 15) is 4.79 Å². The molecule has 3 nitrogen and oxygen atoms in total. The van der Waals surface area contributed by atoms with Crippen LogP contribution in [0.25, 0.3) is 0 Å². The maximum absolute atomic E-state index is 12.1. The fourth-order valence-corrected chi connectivity index (χ4v) is 2.50. The lowest BCUT2D eigenvalue weighted by Gasteiger charge is -2.17. The third kappa shape index (κ3) is 5.99. The molecule has 0 fully saturated rings. The molecule has 0 aromatic heterocycles. The second-order valence-electron chi connectivity index (χ2n) is 6.36. The summed E-state index contributed by atoms with van der Waals surface area (Å²) >= 11 is 1.62. The van der Waals surface area contributed by atoms with Crippen LogP contribution in [0.1, 0.15) is 26.3 Å². The van der Waals surface area contributed by atoms with Gasteiger partial charge in [0.05, 0.1) is 11.4 Å². The molecule has 0 radical (unpaired) electrons. The summed E-state index contributed by atoms with van der Waals surface area (Å²) < 4.78 is 5.95. The number of nitrogens with one attached hydrogen (secondary N) is 1. The summed E-state index contributed by atoms with van der Waals surface area (Å²) in [7, 11) is 0. The van der Waals surface area contributed by atoms with Crippen molar-refractivity contribution in [3.63, 3.8) is 0 Å². The molecule has 0 aliphatic carbocycles. The van der Waals surface area contributed by atoms with E-state index in [4.69, 9.17) is 4.74 Å². The molecule has 0 saturated heterocycles. The summed E-state index contributed by atoms with van der Waals surface area (Å²) in [5, 5.41) is 2.93. The van der Waals surface area contributed by atoms with Crippen LogP contribution in [0.4, 0.5) is 5.69 Å². The van der Waals surface area contributed by atoms with Crippen LogP contribution in [0.5, 0.6) is 11.5 Å². The molecular formula is C19H23NO2S.